The first-order valence-corrected chi connectivity index (χ1v) is 13.3. The van der Waals surface area contributed by atoms with Gasteiger partial charge < -0.3 is 5.32 Å². The van der Waals surface area contributed by atoms with Gasteiger partial charge in [-0.25, -0.2) is 8.42 Å². The highest BCUT2D eigenvalue weighted by Gasteiger charge is 2.20. The van der Waals surface area contributed by atoms with Crippen LogP contribution >= 0.6 is 11.6 Å². The van der Waals surface area contributed by atoms with E-state index in [1.165, 1.54) is 29.8 Å². The minimum Gasteiger partial charge on any atom is -0.325 e. The summed E-state index contributed by atoms with van der Waals surface area (Å²) < 4.78 is 24.9. The number of hydrogen-bond donors (Lipinski definition) is 1. The zero-order chi connectivity index (χ0) is 24.0. The van der Waals surface area contributed by atoms with Crippen LogP contribution in [0.15, 0.2) is 83.8 Å². The van der Waals surface area contributed by atoms with Crippen molar-refractivity contribution in [1.82, 2.24) is 9.80 Å². The highest BCUT2D eigenvalue weighted by molar-refractivity contribution is 7.92. The van der Waals surface area contributed by atoms with Gasteiger partial charge in [-0.2, -0.15) is 0 Å². The van der Waals surface area contributed by atoms with Gasteiger partial charge in [0.15, 0.2) is 9.84 Å². The maximum atomic E-state index is 12.4. The van der Waals surface area contributed by atoms with Crippen LogP contribution < -0.4 is 5.32 Å². The van der Waals surface area contributed by atoms with E-state index in [1.54, 1.807) is 0 Å². The zero-order valence-electron chi connectivity index (χ0n) is 18.9. The van der Waals surface area contributed by atoms with Crippen LogP contribution in [0, 0.1) is 0 Å². The molecule has 1 fully saturated rings. The number of rotatable bonds is 8. The lowest BCUT2D eigenvalue weighted by atomic mass is 10.1. The third-order valence-corrected chi connectivity index (χ3v) is 7.74. The van der Waals surface area contributed by atoms with E-state index in [-0.39, 0.29) is 4.90 Å². The van der Waals surface area contributed by atoms with E-state index in [4.69, 9.17) is 11.6 Å². The molecule has 0 spiro atoms. The summed E-state index contributed by atoms with van der Waals surface area (Å²) in [4.78, 5) is 17.3. The normalized spacial score (nSPS) is 15.2. The molecule has 0 saturated carbocycles. The minimum absolute atomic E-state index is 0.0752. The average Bonchev–Trinajstić information content (AvgIpc) is 2.82. The standard InChI is InChI=1S/C26H28ClN3O3S/c27-23-8-12-25(13-9-23)34(32,33)20-26(31)28-24-10-6-22(7-11-24)19-30-16-14-29(15-17-30)18-21-4-2-1-3-5-21/h1-13H,14-20H2,(H,28,31). The number of nitrogens with one attached hydrogen (secondary N) is 1. The van der Waals surface area contributed by atoms with Crippen molar-refractivity contribution in [1.29, 1.82) is 0 Å². The number of amides is 1. The molecule has 6 nitrogen and oxygen atoms in total. The van der Waals surface area contributed by atoms with Crippen molar-refractivity contribution in [3.8, 4) is 0 Å². The molecule has 4 rings (SSSR count). The first-order valence-electron chi connectivity index (χ1n) is 11.2. The lowest BCUT2D eigenvalue weighted by Gasteiger charge is -2.34. The molecule has 0 aliphatic carbocycles. The van der Waals surface area contributed by atoms with Crippen molar-refractivity contribution in [2.24, 2.45) is 0 Å². The largest absolute Gasteiger partial charge is 0.325 e. The van der Waals surface area contributed by atoms with Crippen molar-refractivity contribution in [2.45, 2.75) is 18.0 Å². The van der Waals surface area contributed by atoms with Crippen LogP contribution in [0.2, 0.25) is 5.02 Å². The summed E-state index contributed by atoms with van der Waals surface area (Å²) in [7, 11) is -3.73. The quantitative estimate of drug-likeness (QED) is 0.508. The fraction of sp³-hybridized carbons (Fsp3) is 0.269. The lowest BCUT2D eigenvalue weighted by molar-refractivity contribution is -0.113. The Hall–Kier alpha value is -2.71. The van der Waals surface area contributed by atoms with E-state index in [0.29, 0.717) is 10.7 Å². The van der Waals surface area contributed by atoms with E-state index in [9.17, 15) is 13.2 Å². The Balaban J connectivity index is 1.24. The predicted octanol–water partition coefficient (Wildman–Crippen LogP) is 4.07. The lowest BCUT2D eigenvalue weighted by Crippen LogP contribution is -2.45. The molecule has 34 heavy (non-hydrogen) atoms. The molecule has 1 heterocycles. The van der Waals surface area contributed by atoms with E-state index in [0.717, 1.165) is 44.8 Å². The van der Waals surface area contributed by atoms with Crippen LogP contribution in [0.25, 0.3) is 0 Å². The van der Waals surface area contributed by atoms with Gasteiger partial charge in [0.25, 0.3) is 0 Å². The topological polar surface area (TPSA) is 69.7 Å². The van der Waals surface area contributed by atoms with Crippen molar-refractivity contribution < 1.29 is 13.2 Å². The third-order valence-electron chi connectivity index (χ3n) is 5.85. The van der Waals surface area contributed by atoms with Crippen LogP contribution in [-0.4, -0.2) is 56.1 Å². The number of carbonyl (C=O) groups is 1. The second-order valence-electron chi connectivity index (χ2n) is 8.50. The van der Waals surface area contributed by atoms with Gasteiger partial charge in [-0.05, 0) is 47.5 Å². The van der Waals surface area contributed by atoms with Crippen LogP contribution in [0.3, 0.4) is 0 Å². The molecule has 0 unspecified atom stereocenters. The van der Waals surface area contributed by atoms with Crippen molar-refractivity contribution in [3.05, 3.63) is 95.0 Å². The molecule has 1 aliphatic rings. The van der Waals surface area contributed by atoms with Gasteiger partial charge in [-0.15, -0.1) is 0 Å². The van der Waals surface area contributed by atoms with E-state index >= 15 is 0 Å². The maximum Gasteiger partial charge on any atom is 0.239 e. The van der Waals surface area contributed by atoms with Crippen LogP contribution in [0.5, 0.6) is 0 Å². The molecule has 0 atom stereocenters. The summed E-state index contributed by atoms with van der Waals surface area (Å²) in [5.41, 5.74) is 3.07. The van der Waals surface area contributed by atoms with Gasteiger partial charge in [-0.3, -0.25) is 14.6 Å². The molecule has 0 aromatic heterocycles. The first kappa shape index (κ1) is 24.4. The molecule has 0 bridgehead atoms. The highest BCUT2D eigenvalue weighted by atomic mass is 35.5. The summed E-state index contributed by atoms with van der Waals surface area (Å²) in [5, 5.41) is 3.12. The SMILES string of the molecule is O=C(CS(=O)(=O)c1ccc(Cl)cc1)Nc1ccc(CN2CCN(Cc3ccccc3)CC2)cc1. The fourth-order valence-corrected chi connectivity index (χ4v) is 5.25. The second kappa shape index (κ2) is 11.1. The molecule has 0 radical (unpaired) electrons. The summed E-state index contributed by atoms with van der Waals surface area (Å²) in [6.45, 7) is 5.91. The Kier molecular flexibility index (Phi) is 8.00. The van der Waals surface area contributed by atoms with Gasteiger partial charge in [0.1, 0.15) is 5.75 Å². The predicted molar refractivity (Wildman–Crippen MR) is 136 cm³/mol. The Morgan fingerprint density at radius 2 is 1.29 bits per heavy atom. The van der Waals surface area contributed by atoms with Gasteiger partial charge in [-0.1, -0.05) is 54.1 Å². The van der Waals surface area contributed by atoms with E-state index in [1.807, 2.05) is 30.3 Å². The first-order chi connectivity index (χ1) is 16.4. The summed E-state index contributed by atoms with van der Waals surface area (Å²) >= 11 is 5.81. The van der Waals surface area contributed by atoms with Crippen LogP contribution in [0.1, 0.15) is 11.1 Å². The van der Waals surface area contributed by atoms with Crippen molar-refractivity contribution >= 4 is 33.0 Å². The summed E-state index contributed by atoms with van der Waals surface area (Å²) in [5.74, 6) is -1.19. The van der Waals surface area contributed by atoms with E-state index < -0.39 is 21.5 Å². The Bertz CT molecular complexity index is 1190. The second-order valence-corrected chi connectivity index (χ2v) is 10.9. The number of piperazine rings is 1. The maximum absolute atomic E-state index is 12.4. The molecule has 178 valence electrons. The summed E-state index contributed by atoms with van der Waals surface area (Å²) in [6, 6.07) is 23.9. The Morgan fingerprint density at radius 1 is 0.765 bits per heavy atom. The molecule has 1 amide bonds. The number of sulfone groups is 1. The third kappa shape index (κ3) is 6.90. The number of anilines is 1. The molecule has 3 aromatic carbocycles. The molecular formula is C26H28ClN3O3S. The molecular weight excluding hydrogens is 470 g/mol. The number of hydrogen-bond acceptors (Lipinski definition) is 5. The highest BCUT2D eigenvalue weighted by Crippen LogP contribution is 2.17. The van der Waals surface area contributed by atoms with Gasteiger partial charge >= 0.3 is 0 Å². The smallest absolute Gasteiger partial charge is 0.239 e. The number of halogens is 1. The number of nitrogens with zero attached hydrogens (tertiary/aromatic N) is 2. The average molecular weight is 498 g/mol. The van der Waals surface area contributed by atoms with Crippen molar-refractivity contribution in [2.75, 3.05) is 37.2 Å². The monoisotopic (exact) mass is 497 g/mol. The summed E-state index contributed by atoms with van der Waals surface area (Å²) in [6.07, 6.45) is 0. The van der Waals surface area contributed by atoms with Crippen LogP contribution in [0.4, 0.5) is 5.69 Å². The molecule has 1 aliphatic heterocycles. The van der Waals surface area contributed by atoms with E-state index in [2.05, 4.69) is 39.4 Å². The molecule has 1 saturated heterocycles. The minimum atomic E-state index is -3.73. The number of benzene rings is 3. The molecule has 8 heteroatoms. The van der Waals surface area contributed by atoms with Crippen molar-refractivity contribution in [3.63, 3.8) is 0 Å². The van der Waals surface area contributed by atoms with Crippen LogP contribution in [-0.2, 0) is 27.7 Å². The fourth-order valence-electron chi connectivity index (χ4n) is 3.99. The van der Waals surface area contributed by atoms with Gasteiger partial charge in [0.05, 0.1) is 4.90 Å². The number of carbonyl (C=O) groups excluding carboxylic acids is 1. The van der Waals surface area contributed by atoms with Gasteiger partial charge in [0.2, 0.25) is 5.91 Å². The van der Waals surface area contributed by atoms with Gasteiger partial charge in [0, 0.05) is 50.0 Å². The molecule has 3 aromatic rings. The zero-order valence-corrected chi connectivity index (χ0v) is 20.4. The Morgan fingerprint density at radius 3 is 1.85 bits per heavy atom. The Labute approximate surface area is 206 Å². The molecule has 1 N–H and O–H groups in total.